The quantitative estimate of drug-likeness (QED) is 0.394. The molecule has 0 aliphatic heterocycles. The van der Waals surface area contributed by atoms with E-state index in [1.165, 1.54) is 12.5 Å². The molecule has 3 aromatic heterocycles. The van der Waals surface area contributed by atoms with Gasteiger partial charge in [-0.1, -0.05) is 6.07 Å². The van der Waals surface area contributed by atoms with Crippen LogP contribution in [0.2, 0.25) is 0 Å². The van der Waals surface area contributed by atoms with Crippen molar-refractivity contribution in [2.24, 2.45) is 0 Å². The Bertz CT molecular complexity index is 1370. The molecule has 0 aliphatic rings. The molecule has 0 bridgehead atoms. The maximum atomic E-state index is 14.3. The number of rotatable bonds is 5. The fourth-order valence-electron chi connectivity index (χ4n) is 3.06. The van der Waals surface area contributed by atoms with Crippen LogP contribution in [0.5, 0.6) is 0 Å². The average Bonchev–Trinajstić information content (AvgIpc) is 3.26. The van der Waals surface area contributed by atoms with E-state index in [1.807, 2.05) is 0 Å². The molecule has 0 unspecified atom stereocenters. The van der Waals surface area contributed by atoms with Crippen molar-refractivity contribution in [3.05, 3.63) is 85.1 Å². The van der Waals surface area contributed by atoms with E-state index in [1.54, 1.807) is 54.9 Å². The fourth-order valence-corrected chi connectivity index (χ4v) is 3.06. The Labute approximate surface area is 174 Å². The Kier molecular flexibility index (Phi) is 4.68. The lowest BCUT2D eigenvalue weighted by atomic mass is 10.1. The molecule has 0 aliphatic carbocycles. The molecule has 5 aromatic rings. The van der Waals surface area contributed by atoms with Crippen molar-refractivity contribution >= 4 is 34.2 Å². The minimum atomic E-state index is -0.624. The Morgan fingerprint density at radius 1 is 0.839 bits per heavy atom. The lowest BCUT2D eigenvalue weighted by Crippen LogP contribution is -2.03. The van der Waals surface area contributed by atoms with Gasteiger partial charge in [-0.05, 0) is 42.5 Å². The zero-order valence-corrected chi connectivity index (χ0v) is 15.9. The number of benzene rings is 2. The van der Waals surface area contributed by atoms with E-state index in [4.69, 9.17) is 4.42 Å². The van der Waals surface area contributed by atoms with Crippen LogP contribution >= 0.6 is 0 Å². The van der Waals surface area contributed by atoms with Gasteiger partial charge in [0.2, 0.25) is 5.95 Å². The summed E-state index contributed by atoms with van der Waals surface area (Å²) in [6.07, 6.45) is 5.58. The van der Waals surface area contributed by atoms with E-state index in [2.05, 4.69) is 30.6 Å². The van der Waals surface area contributed by atoms with E-state index in [0.717, 1.165) is 6.20 Å². The molecule has 0 amide bonds. The molecule has 3 heterocycles. The number of hydrogen-bond donors (Lipinski definition) is 2. The van der Waals surface area contributed by atoms with Crippen molar-refractivity contribution in [2.45, 2.75) is 0 Å². The highest BCUT2D eigenvalue weighted by Gasteiger charge is 2.11. The molecule has 2 aromatic carbocycles. The number of halogens is 2. The first-order valence-electron chi connectivity index (χ1n) is 9.25. The highest BCUT2D eigenvalue weighted by atomic mass is 19.1. The summed E-state index contributed by atoms with van der Waals surface area (Å²) in [6.45, 7) is 0. The highest BCUT2D eigenvalue weighted by Crippen LogP contribution is 2.27. The Morgan fingerprint density at radius 2 is 1.71 bits per heavy atom. The lowest BCUT2D eigenvalue weighted by Gasteiger charge is -2.11. The first-order chi connectivity index (χ1) is 15.2. The highest BCUT2D eigenvalue weighted by molar-refractivity contribution is 5.78. The van der Waals surface area contributed by atoms with Gasteiger partial charge in [0.15, 0.2) is 23.6 Å². The van der Waals surface area contributed by atoms with E-state index in [-0.39, 0.29) is 17.6 Å². The number of hydrogen-bond acceptors (Lipinski definition) is 7. The zero-order chi connectivity index (χ0) is 21.2. The molecule has 7 nitrogen and oxygen atoms in total. The summed E-state index contributed by atoms with van der Waals surface area (Å²) in [4.78, 5) is 16.3. The van der Waals surface area contributed by atoms with Crippen LogP contribution in [0.3, 0.4) is 0 Å². The first kappa shape index (κ1) is 18.6. The molecule has 0 spiro atoms. The summed E-state index contributed by atoms with van der Waals surface area (Å²) < 4.78 is 33.8. The number of aromatic nitrogens is 4. The number of anilines is 4. The van der Waals surface area contributed by atoms with Gasteiger partial charge in [-0.25, -0.2) is 18.7 Å². The average molecular weight is 416 g/mol. The third kappa shape index (κ3) is 3.88. The molecule has 0 saturated heterocycles. The minimum Gasteiger partial charge on any atom is -0.443 e. The monoisotopic (exact) mass is 416 g/mol. The molecule has 2 N–H and O–H groups in total. The van der Waals surface area contributed by atoms with Gasteiger partial charge in [0.25, 0.3) is 0 Å². The number of nitrogens with one attached hydrogen (secondary N) is 2. The van der Waals surface area contributed by atoms with E-state index < -0.39 is 5.82 Å². The first-order valence-corrected chi connectivity index (χ1v) is 9.25. The van der Waals surface area contributed by atoms with Gasteiger partial charge in [0.05, 0.1) is 6.20 Å². The molecule has 31 heavy (non-hydrogen) atoms. The summed E-state index contributed by atoms with van der Waals surface area (Å²) in [5.41, 5.74) is 3.39. The van der Waals surface area contributed by atoms with Crippen LogP contribution < -0.4 is 10.6 Å². The van der Waals surface area contributed by atoms with Crippen LogP contribution in [0, 0.1) is 11.6 Å². The second-order valence-corrected chi connectivity index (χ2v) is 6.61. The molecule has 5 rings (SSSR count). The van der Waals surface area contributed by atoms with Gasteiger partial charge in [-0.3, -0.25) is 4.98 Å². The fraction of sp³-hybridized carbons (Fsp3) is 0. The standard InChI is InChI=1S/C22H14F2N6O/c23-17-5-3-14(8-16(17)13-2-1-7-25-10-13)29-22-26-11-18(24)21(30-22)28-15-4-6-20-19(9-15)27-12-31-20/h1-12H,(H2,26,28,29,30). The van der Waals surface area contributed by atoms with Crippen molar-refractivity contribution in [3.8, 4) is 11.1 Å². The largest absolute Gasteiger partial charge is 0.443 e. The summed E-state index contributed by atoms with van der Waals surface area (Å²) in [6, 6.07) is 13.2. The second kappa shape index (κ2) is 7.79. The number of nitrogens with zero attached hydrogens (tertiary/aromatic N) is 4. The van der Waals surface area contributed by atoms with Crippen LogP contribution in [0.15, 0.2) is 77.9 Å². The molecule has 0 radical (unpaired) electrons. The van der Waals surface area contributed by atoms with Crippen molar-refractivity contribution in [2.75, 3.05) is 10.6 Å². The van der Waals surface area contributed by atoms with Crippen molar-refractivity contribution in [3.63, 3.8) is 0 Å². The summed E-state index contributed by atoms with van der Waals surface area (Å²) in [5.74, 6) is -0.879. The van der Waals surface area contributed by atoms with Crippen LogP contribution in [0.25, 0.3) is 22.2 Å². The molecule has 0 fully saturated rings. The van der Waals surface area contributed by atoms with E-state index in [0.29, 0.717) is 33.6 Å². The zero-order valence-electron chi connectivity index (χ0n) is 15.9. The molecular formula is C22H14F2N6O. The molecule has 9 heteroatoms. The Morgan fingerprint density at radius 3 is 2.58 bits per heavy atom. The summed E-state index contributed by atoms with van der Waals surface area (Å²) in [7, 11) is 0. The second-order valence-electron chi connectivity index (χ2n) is 6.61. The molecular weight excluding hydrogens is 402 g/mol. The van der Waals surface area contributed by atoms with Gasteiger partial charge >= 0.3 is 0 Å². The van der Waals surface area contributed by atoms with Crippen molar-refractivity contribution < 1.29 is 13.2 Å². The van der Waals surface area contributed by atoms with Crippen LogP contribution in [0.1, 0.15) is 0 Å². The Hall–Kier alpha value is -4.40. The maximum Gasteiger partial charge on any atom is 0.229 e. The Balaban J connectivity index is 1.41. The smallest absolute Gasteiger partial charge is 0.229 e. The van der Waals surface area contributed by atoms with Gasteiger partial charge in [0, 0.05) is 34.9 Å². The molecule has 152 valence electrons. The van der Waals surface area contributed by atoms with Crippen molar-refractivity contribution in [1.29, 1.82) is 0 Å². The van der Waals surface area contributed by atoms with Crippen molar-refractivity contribution in [1.82, 2.24) is 19.9 Å². The van der Waals surface area contributed by atoms with E-state index in [9.17, 15) is 8.78 Å². The van der Waals surface area contributed by atoms with Gasteiger partial charge < -0.3 is 15.1 Å². The van der Waals surface area contributed by atoms with Gasteiger partial charge in [-0.2, -0.15) is 4.98 Å². The number of oxazole rings is 1. The van der Waals surface area contributed by atoms with Gasteiger partial charge in [0.1, 0.15) is 11.3 Å². The minimum absolute atomic E-state index is 0.0186. The SMILES string of the molecule is Fc1ccc(Nc2ncc(F)c(Nc3ccc4ocnc4c3)n2)cc1-c1cccnc1. The normalized spacial score (nSPS) is 10.9. The summed E-state index contributed by atoms with van der Waals surface area (Å²) >= 11 is 0. The number of pyridine rings is 1. The van der Waals surface area contributed by atoms with Crippen LogP contribution in [-0.2, 0) is 0 Å². The van der Waals surface area contributed by atoms with E-state index >= 15 is 0 Å². The summed E-state index contributed by atoms with van der Waals surface area (Å²) in [5, 5.41) is 5.89. The van der Waals surface area contributed by atoms with Crippen LogP contribution in [0.4, 0.5) is 31.9 Å². The van der Waals surface area contributed by atoms with Gasteiger partial charge in [-0.15, -0.1) is 0 Å². The predicted octanol–water partition coefficient (Wildman–Crippen LogP) is 5.45. The predicted molar refractivity (Wildman–Crippen MR) is 112 cm³/mol. The topological polar surface area (TPSA) is 88.8 Å². The lowest BCUT2D eigenvalue weighted by molar-refractivity contribution is 0.602. The van der Waals surface area contributed by atoms with Crippen LogP contribution in [-0.4, -0.2) is 19.9 Å². The number of fused-ring (bicyclic) bond motifs is 1. The molecule has 0 atom stereocenters. The maximum absolute atomic E-state index is 14.3. The third-order valence-corrected chi connectivity index (χ3v) is 4.53. The molecule has 0 saturated carbocycles. The third-order valence-electron chi connectivity index (χ3n) is 4.53.